The van der Waals surface area contributed by atoms with Crippen LogP contribution in [0.2, 0.25) is 5.02 Å². The third-order valence-electron chi connectivity index (χ3n) is 3.39. The van der Waals surface area contributed by atoms with Crippen LogP contribution in [0.4, 0.5) is 11.4 Å². The lowest BCUT2D eigenvalue weighted by Gasteiger charge is -2.14. The quantitative estimate of drug-likeness (QED) is 0.588. The van der Waals surface area contributed by atoms with Crippen LogP contribution in [0, 0.1) is 6.92 Å². The molecule has 0 saturated carbocycles. The molecule has 1 amide bonds. The zero-order chi connectivity index (χ0) is 17.5. The molecule has 0 unspecified atom stereocenters. The summed E-state index contributed by atoms with van der Waals surface area (Å²) >= 11 is 6.04. The summed E-state index contributed by atoms with van der Waals surface area (Å²) in [5.74, 6) is 0.269. The van der Waals surface area contributed by atoms with Crippen molar-refractivity contribution < 1.29 is 14.3 Å². The van der Waals surface area contributed by atoms with Gasteiger partial charge in [-0.2, -0.15) is 0 Å². The number of hydrogen-bond acceptors (Lipinski definition) is 4. The van der Waals surface area contributed by atoms with Gasteiger partial charge in [-0.05, 0) is 49.7 Å². The number of carbonyl (C=O) groups is 1. The Balaban J connectivity index is 2.16. The predicted molar refractivity (Wildman–Crippen MR) is 97.0 cm³/mol. The minimum absolute atomic E-state index is 0.267. The van der Waals surface area contributed by atoms with Crippen LogP contribution in [-0.2, 0) is 4.74 Å². The maximum Gasteiger partial charge on any atom is 0.256 e. The second-order valence-corrected chi connectivity index (χ2v) is 5.65. The first kappa shape index (κ1) is 18.1. The van der Waals surface area contributed by atoms with Crippen molar-refractivity contribution >= 4 is 28.9 Å². The molecule has 5 nitrogen and oxygen atoms in total. The molecule has 2 aromatic rings. The van der Waals surface area contributed by atoms with Gasteiger partial charge in [0.05, 0.1) is 12.3 Å². The number of hydrogen-bond donors (Lipinski definition) is 2. The molecule has 0 saturated heterocycles. The van der Waals surface area contributed by atoms with Crippen molar-refractivity contribution in [1.82, 2.24) is 0 Å². The van der Waals surface area contributed by atoms with Gasteiger partial charge in [0.25, 0.3) is 5.91 Å². The predicted octanol–water partition coefficient (Wildman–Crippen LogP) is 3.90. The Morgan fingerprint density at radius 2 is 2.00 bits per heavy atom. The van der Waals surface area contributed by atoms with E-state index < -0.39 is 0 Å². The molecule has 0 fully saturated rings. The smallest absolute Gasteiger partial charge is 0.256 e. The fraction of sp³-hybridized carbons (Fsp3) is 0.278. The highest BCUT2D eigenvalue weighted by molar-refractivity contribution is 6.31. The second kappa shape index (κ2) is 8.57. The Morgan fingerprint density at radius 3 is 2.75 bits per heavy atom. The summed E-state index contributed by atoms with van der Waals surface area (Å²) in [5.41, 5.74) is 8.15. The van der Waals surface area contributed by atoms with E-state index in [9.17, 15) is 4.79 Å². The highest BCUT2D eigenvalue weighted by atomic mass is 35.5. The van der Waals surface area contributed by atoms with E-state index in [0.29, 0.717) is 47.5 Å². The number of carbonyl (C=O) groups excluding carboxylic acids is 1. The number of aryl methyl sites for hydroxylation is 1. The number of anilines is 2. The lowest BCUT2D eigenvalue weighted by atomic mass is 10.1. The molecule has 0 radical (unpaired) electrons. The summed E-state index contributed by atoms with van der Waals surface area (Å²) in [4.78, 5) is 12.5. The van der Waals surface area contributed by atoms with Crippen molar-refractivity contribution in [3.8, 4) is 5.75 Å². The molecule has 2 rings (SSSR count). The van der Waals surface area contributed by atoms with Crippen LogP contribution in [0.3, 0.4) is 0 Å². The zero-order valence-corrected chi connectivity index (χ0v) is 14.5. The summed E-state index contributed by atoms with van der Waals surface area (Å²) in [5, 5.41) is 3.34. The van der Waals surface area contributed by atoms with Crippen molar-refractivity contribution in [2.45, 2.75) is 13.8 Å². The average Bonchev–Trinajstić information content (AvgIpc) is 2.55. The van der Waals surface area contributed by atoms with E-state index in [4.69, 9.17) is 26.8 Å². The highest BCUT2D eigenvalue weighted by Crippen LogP contribution is 2.29. The molecule has 0 atom stereocenters. The molecule has 24 heavy (non-hydrogen) atoms. The Kier molecular flexibility index (Phi) is 6.46. The van der Waals surface area contributed by atoms with Crippen molar-refractivity contribution in [2.75, 3.05) is 30.9 Å². The first-order valence-corrected chi connectivity index (χ1v) is 8.06. The molecule has 0 spiro atoms. The maximum atomic E-state index is 12.5. The van der Waals surface area contributed by atoms with E-state index in [2.05, 4.69) is 5.32 Å². The van der Waals surface area contributed by atoms with E-state index in [1.165, 1.54) is 0 Å². The minimum Gasteiger partial charge on any atom is -0.489 e. The lowest BCUT2D eigenvalue weighted by Crippen LogP contribution is -2.15. The molecular weight excluding hydrogens is 328 g/mol. The summed E-state index contributed by atoms with van der Waals surface area (Å²) < 4.78 is 10.9. The van der Waals surface area contributed by atoms with Gasteiger partial charge >= 0.3 is 0 Å². The Morgan fingerprint density at radius 1 is 1.21 bits per heavy atom. The highest BCUT2D eigenvalue weighted by Gasteiger charge is 2.13. The van der Waals surface area contributed by atoms with E-state index in [1.54, 1.807) is 30.3 Å². The van der Waals surface area contributed by atoms with Crippen LogP contribution in [0.5, 0.6) is 5.75 Å². The van der Waals surface area contributed by atoms with Gasteiger partial charge in [0.2, 0.25) is 0 Å². The number of benzene rings is 2. The fourth-order valence-electron chi connectivity index (χ4n) is 2.15. The zero-order valence-electron chi connectivity index (χ0n) is 13.8. The number of amides is 1. The Bertz CT molecular complexity index is 719. The third-order valence-corrected chi connectivity index (χ3v) is 3.62. The average molecular weight is 349 g/mol. The standard InChI is InChI=1S/C18H21ClN2O3/c1-3-23-8-9-24-17-7-5-13(19)10-16(17)21-18(22)15-11-14(20)6-4-12(15)2/h4-7,10-11H,3,8-9,20H2,1-2H3,(H,21,22). The van der Waals surface area contributed by atoms with Crippen LogP contribution < -0.4 is 15.8 Å². The van der Waals surface area contributed by atoms with Gasteiger partial charge in [0.15, 0.2) is 0 Å². The molecule has 0 heterocycles. The molecule has 0 bridgehead atoms. The van der Waals surface area contributed by atoms with Gasteiger partial charge < -0.3 is 20.5 Å². The van der Waals surface area contributed by atoms with Crippen LogP contribution in [0.1, 0.15) is 22.8 Å². The summed E-state index contributed by atoms with van der Waals surface area (Å²) in [6.07, 6.45) is 0. The molecule has 0 aromatic heterocycles. The normalized spacial score (nSPS) is 10.5. The number of ether oxygens (including phenoxy) is 2. The molecular formula is C18H21ClN2O3. The molecule has 0 aliphatic heterocycles. The largest absolute Gasteiger partial charge is 0.489 e. The molecule has 0 aliphatic rings. The van der Waals surface area contributed by atoms with Gasteiger partial charge in [-0.1, -0.05) is 17.7 Å². The minimum atomic E-state index is -0.267. The molecule has 6 heteroatoms. The topological polar surface area (TPSA) is 73.6 Å². The number of nitrogens with two attached hydrogens (primary N) is 1. The number of halogens is 1. The molecule has 0 aliphatic carbocycles. The number of rotatable bonds is 7. The Hall–Kier alpha value is -2.24. The van der Waals surface area contributed by atoms with Crippen molar-refractivity contribution in [3.63, 3.8) is 0 Å². The van der Waals surface area contributed by atoms with Gasteiger partial charge in [0, 0.05) is 22.9 Å². The summed E-state index contributed by atoms with van der Waals surface area (Å²) in [7, 11) is 0. The number of nitrogens with one attached hydrogen (secondary N) is 1. The summed E-state index contributed by atoms with van der Waals surface area (Å²) in [6, 6.07) is 10.3. The fourth-order valence-corrected chi connectivity index (χ4v) is 2.33. The van der Waals surface area contributed by atoms with Gasteiger partial charge in [-0.3, -0.25) is 4.79 Å². The second-order valence-electron chi connectivity index (χ2n) is 5.21. The van der Waals surface area contributed by atoms with E-state index in [0.717, 1.165) is 5.56 Å². The molecule has 128 valence electrons. The van der Waals surface area contributed by atoms with Gasteiger partial charge in [-0.15, -0.1) is 0 Å². The van der Waals surface area contributed by atoms with Crippen molar-refractivity contribution in [3.05, 3.63) is 52.5 Å². The van der Waals surface area contributed by atoms with E-state index in [1.807, 2.05) is 19.9 Å². The van der Waals surface area contributed by atoms with Crippen LogP contribution in [-0.4, -0.2) is 25.7 Å². The molecule has 3 N–H and O–H groups in total. The van der Waals surface area contributed by atoms with E-state index >= 15 is 0 Å². The first-order valence-electron chi connectivity index (χ1n) is 7.69. The van der Waals surface area contributed by atoms with Crippen LogP contribution in [0.25, 0.3) is 0 Å². The maximum absolute atomic E-state index is 12.5. The number of nitrogen functional groups attached to an aromatic ring is 1. The SMILES string of the molecule is CCOCCOc1ccc(Cl)cc1NC(=O)c1cc(N)ccc1C. The monoisotopic (exact) mass is 348 g/mol. The van der Waals surface area contributed by atoms with E-state index in [-0.39, 0.29) is 5.91 Å². The first-order chi connectivity index (χ1) is 11.5. The Labute approximate surface area is 146 Å². The third kappa shape index (κ3) is 4.88. The molecule has 2 aromatic carbocycles. The lowest BCUT2D eigenvalue weighted by molar-refractivity contribution is 0.102. The van der Waals surface area contributed by atoms with Gasteiger partial charge in [-0.25, -0.2) is 0 Å². The van der Waals surface area contributed by atoms with Crippen molar-refractivity contribution in [2.24, 2.45) is 0 Å². The summed E-state index contributed by atoms with van der Waals surface area (Å²) in [6.45, 7) is 5.26. The van der Waals surface area contributed by atoms with Crippen molar-refractivity contribution in [1.29, 1.82) is 0 Å². The van der Waals surface area contributed by atoms with Crippen LogP contribution in [0.15, 0.2) is 36.4 Å². The van der Waals surface area contributed by atoms with Gasteiger partial charge in [0.1, 0.15) is 12.4 Å². The van der Waals surface area contributed by atoms with Crippen LogP contribution >= 0.6 is 11.6 Å².